The molecule has 3 nitrogen and oxygen atoms in total. The highest BCUT2D eigenvalue weighted by molar-refractivity contribution is 6.07. The van der Waals surface area contributed by atoms with Gasteiger partial charge >= 0.3 is 0 Å². The molecule has 1 saturated carbocycles. The first kappa shape index (κ1) is 18.1. The Kier molecular flexibility index (Phi) is 4.33. The minimum Gasteiger partial charge on any atom is -0.299 e. The third-order valence-electron chi connectivity index (χ3n) is 4.15. The monoisotopic (exact) mass is 294 g/mol. The second-order valence-electron chi connectivity index (χ2n) is 9.42. The van der Waals surface area contributed by atoms with E-state index in [0.29, 0.717) is 0 Å². The van der Waals surface area contributed by atoms with Gasteiger partial charge in [-0.3, -0.25) is 14.4 Å². The summed E-state index contributed by atoms with van der Waals surface area (Å²) in [6.07, 6.45) is 0. The second kappa shape index (κ2) is 5.03. The second-order valence-corrected chi connectivity index (χ2v) is 9.42. The molecule has 0 heterocycles. The van der Waals surface area contributed by atoms with E-state index in [1.165, 1.54) is 0 Å². The molecule has 3 heteroatoms. The predicted octanol–water partition coefficient (Wildman–Crippen LogP) is 3.69. The summed E-state index contributed by atoms with van der Waals surface area (Å²) >= 11 is 0. The number of carbonyl (C=O) groups is 3. The van der Waals surface area contributed by atoms with Gasteiger partial charge in [-0.15, -0.1) is 0 Å². The minimum atomic E-state index is -0.520. The third-order valence-corrected chi connectivity index (χ3v) is 4.15. The summed E-state index contributed by atoms with van der Waals surface area (Å²) in [5, 5.41) is 0. The molecule has 0 aromatic carbocycles. The van der Waals surface area contributed by atoms with Crippen LogP contribution in [0.25, 0.3) is 0 Å². The van der Waals surface area contributed by atoms with Crippen LogP contribution in [-0.2, 0) is 14.4 Å². The summed E-state index contributed by atoms with van der Waals surface area (Å²) in [5.74, 6) is -1.18. The minimum absolute atomic E-state index is 0.0349. The molecule has 1 fully saturated rings. The van der Waals surface area contributed by atoms with Crippen molar-refractivity contribution in [2.24, 2.45) is 34.0 Å². The maximum Gasteiger partial charge on any atom is 0.142 e. The molecule has 0 aliphatic heterocycles. The van der Waals surface area contributed by atoms with Crippen LogP contribution in [0.5, 0.6) is 0 Å². The van der Waals surface area contributed by atoms with Crippen LogP contribution in [0, 0.1) is 34.0 Å². The van der Waals surface area contributed by atoms with Gasteiger partial charge in [0.15, 0.2) is 0 Å². The van der Waals surface area contributed by atoms with Crippen LogP contribution in [0.3, 0.4) is 0 Å². The number of hydrogen-bond acceptors (Lipinski definition) is 3. The normalized spacial score (nSPS) is 26.4. The highest BCUT2D eigenvalue weighted by Crippen LogP contribution is 2.55. The van der Waals surface area contributed by atoms with E-state index < -0.39 is 34.0 Å². The van der Waals surface area contributed by atoms with E-state index in [-0.39, 0.29) is 17.3 Å². The molecule has 0 aromatic heterocycles. The zero-order valence-electron chi connectivity index (χ0n) is 15.0. The largest absolute Gasteiger partial charge is 0.299 e. The van der Waals surface area contributed by atoms with Crippen LogP contribution < -0.4 is 0 Å². The van der Waals surface area contributed by atoms with E-state index in [9.17, 15) is 14.4 Å². The predicted molar refractivity (Wildman–Crippen MR) is 83.9 cm³/mol. The highest BCUT2D eigenvalue weighted by atomic mass is 16.2. The van der Waals surface area contributed by atoms with Crippen molar-refractivity contribution in [2.75, 3.05) is 0 Å². The van der Waals surface area contributed by atoms with Crippen molar-refractivity contribution in [1.29, 1.82) is 0 Å². The average Bonchev–Trinajstić information content (AvgIpc) is 2.96. The van der Waals surface area contributed by atoms with Gasteiger partial charge in [-0.05, 0) is 0 Å². The van der Waals surface area contributed by atoms with E-state index in [0.717, 1.165) is 0 Å². The molecule has 1 rings (SSSR count). The van der Waals surface area contributed by atoms with E-state index in [2.05, 4.69) is 0 Å². The molecule has 21 heavy (non-hydrogen) atoms. The SMILES string of the molecule is CC(C)(C)C(=O)C1C(C(=O)C(C)(C)C)C1C(=O)C(C)(C)C. The lowest BCUT2D eigenvalue weighted by molar-refractivity contribution is -0.132. The Hall–Kier alpha value is -0.990. The van der Waals surface area contributed by atoms with Crippen LogP contribution >= 0.6 is 0 Å². The molecule has 0 atom stereocenters. The Morgan fingerprint density at radius 3 is 0.714 bits per heavy atom. The summed E-state index contributed by atoms with van der Waals surface area (Å²) in [7, 11) is 0. The number of Topliss-reactive ketones (excluding diaryl/α,β-unsaturated/α-hetero) is 3. The van der Waals surface area contributed by atoms with E-state index >= 15 is 0 Å². The Bertz CT molecular complexity index is 389. The first-order valence-electron chi connectivity index (χ1n) is 7.73. The van der Waals surface area contributed by atoms with Crippen LogP contribution in [-0.4, -0.2) is 17.3 Å². The Labute approximate surface area is 128 Å². The molecular weight excluding hydrogens is 264 g/mol. The van der Waals surface area contributed by atoms with Gasteiger partial charge in [-0.1, -0.05) is 62.3 Å². The smallest absolute Gasteiger partial charge is 0.142 e. The van der Waals surface area contributed by atoms with Crippen molar-refractivity contribution < 1.29 is 14.4 Å². The van der Waals surface area contributed by atoms with Gasteiger partial charge in [0, 0.05) is 34.0 Å². The number of ketones is 3. The van der Waals surface area contributed by atoms with Crippen molar-refractivity contribution in [3.63, 3.8) is 0 Å². The maximum absolute atomic E-state index is 12.6. The summed E-state index contributed by atoms with van der Waals surface area (Å²) in [6, 6.07) is 0. The van der Waals surface area contributed by atoms with Crippen LogP contribution in [0.1, 0.15) is 62.3 Å². The first-order chi connectivity index (χ1) is 9.10. The fourth-order valence-electron chi connectivity index (χ4n) is 2.79. The van der Waals surface area contributed by atoms with Gasteiger partial charge < -0.3 is 0 Å². The molecule has 0 radical (unpaired) electrons. The van der Waals surface area contributed by atoms with Crippen LogP contribution in [0.4, 0.5) is 0 Å². The average molecular weight is 294 g/mol. The quantitative estimate of drug-likeness (QED) is 0.797. The van der Waals surface area contributed by atoms with Crippen molar-refractivity contribution in [1.82, 2.24) is 0 Å². The van der Waals surface area contributed by atoms with Gasteiger partial charge in [0.2, 0.25) is 0 Å². The molecule has 0 spiro atoms. The third kappa shape index (κ3) is 3.61. The highest BCUT2D eigenvalue weighted by Gasteiger charge is 2.65. The summed E-state index contributed by atoms with van der Waals surface area (Å²) < 4.78 is 0. The van der Waals surface area contributed by atoms with E-state index in [1.807, 2.05) is 62.3 Å². The summed E-state index contributed by atoms with van der Waals surface area (Å²) in [5.41, 5.74) is -1.56. The van der Waals surface area contributed by atoms with Gasteiger partial charge in [0.05, 0.1) is 0 Å². The first-order valence-corrected chi connectivity index (χ1v) is 7.73. The van der Waals surface area contributed by atoms with Gasteiger partial charge in [-0.2, -0.15) is 0 Å². The summed E-state index contributed by atoms with van der Waals surface area (Å²) in [6.45, 7) is 16.7. The zero-order valence-corrected chi connectivity index (χ0v) is 15.0. The lowest BCUT2D eigenvalue weighted by Crippen LogP contribution is -2.27. The molecule has 0 aromatic rings. The molecule has 0 amide bonds. The van der Waals surface area contributed by atoms with Crippen molar-refractivity contribution in [3.05, 3.63) is 0 Å². The number of rotatable bonds is 3. The van der Waals surface area contributed by atoms with Gasteiger partial charge in [0.1, 0.15) is 17.3 Å². The Balaban J connectivity index is 3.13. The number of carbonyl (C=O) groups excluding carboxylic acids is 3. The Morgan fingerprint density at radius 1 is 0.476 bits per heavy atom. The van der Waals surface area contributed by atoms with E-state index in [1.54, 1.807) is 0 Å². The van der Waals surface area contributed by atoms with Gasteiger partial charge in [0.25, 0.3) is 0 Å². The standard InChI is InChI=1S/C18H30O3/c1-16(2,3)13(19)10-11(14(20)17(4,5)6)12(10)15(21)18(7,8)9/h10-12H,1-9H3. The number of hydrogen-bond donors (Lipinski definition) is 0. The summed E-state index contributed by atoms with van der Waals surface area (Å²) in [4.78, 5) is 37.8. The van der Waals surface area contributed by atoms with Crippen molar-refractivity contribution in [2.45, 2.75) is 62.3 Å². The van der Waals surface area contributed by atoms with Crippen LogP contribution in [0.2, 0.25) is 0 Å². The Morgan fingerprint density at radius 2 is 0.619 bits per heavy atom. The van der Waals surface area contributed by atoms with Gasteiger partial charge in [-0.25, -0.2) is 0 Å². The molecule has 0 unspecified atom stereocenters. The van der Waals surface area contributed by atoms with Crippen molar-refractivity contribution in [3.8, 4) is 0 Å². The lowest BCUT2D eigenvalue weighted by atomic mass is 9.83. The van der Waals surface area contributed by atoms with Crippen LogP contribution in [0.15, 0.2) is 0 Å². The molecule has 0 N–H and O–H groups in total. The molecule has 0 saturated heterocycles. The molecule has 120 valence electrons. The molecule has 0 bridgehead atoms. The molecule has 1 aliphatic carbocycles. The molecule has 1 aliphatic rings. The molecular formula is C18H30O3. The fourth-order valence-corrected chi connectivity index (χ4v) is 2.79. The topological polar surface area (TPSA) is 51.2 Å². The van der Waals surface area contributed by atoms with Crippen molar-refractivity contribution >= 4 is 17.3 Å². The lowest BCUT2D eigenvalue weighted by Gasteiger charge is -2.19. The maximum atomic E-state index is 12.6. The zero-order chi connectivity index (χ0) is 17.0. The van der Waals surface area contributed by atoms with E-state index in [4.69, 9.17) is 0 Å². The fraction of sp³-hybridized carbons (Fsp3) is 0.833.